The molecule has 0 amide bonds. The van der Waals surface area contributed by atoms with Gasteiger partial charge < -0.3 is 4.74 Å². The zero-order chi connectivity index (χ0) is 18.7. The number of ether oxygens (including phenoxy) is 1. The largest absolute Gasteiger partial charge is 0.454 e. The molecule has 1 aromatic rings. The van der Waals surface area contributed by atoms with E-state index in [-0.39, 0.29) is 35.7 Å². The van der Waals surface area contributed by atoms with Gasteiger partial charge in [0.05, 0.1) is 10.8 Å². The molecule has 2 aliphatic rings. The molecule has 0 unspecified atom stereocenters. The van der Waals surface area contributed by atoms with Crippen LogP contribution >= 0.6 is 11.6 Å². The molecule has 1 aliphatic carbocycles. The number of sulfonamides is 1. The predicted molar refractivity (Wildman–Crippen MR) is 96.3 cm³/mol. The molecule has 0 radical (unpaired) electrons. The number of hydrogen-bond acceptors (Lipinski definition) is 5. The van der Waals surface area contributed by atoms with E-state index in [2.05, 4.69) is 0 Å². The summed E-state index contributed by atoms with van der Waals surface area (Å²) in [5.41, 5.74) is 0. The number of carbonyl (C=O) groups is 2. The highest BCUT2D eigenvalue weighted by atomic mass is 35.5. The maximum atomic E-state index is 12.7. The number of halogens is 1. The molecule has 2 fully saturated rings. The van der Waals surface area contributed by atoms with Gasteiger partial charge in [0, 0.05) is 24.5 Å². The summed E-state index contributed by atoms with van der Waals surface area (Å²) in [7, 11) is -3.60. The highest BCUT2D eigenvalue weighted by molar-refractivity contribution is 7.89. The molecular weight excluding hydrogens is 378 g/mol. The second kappa shape index (κ2) is 8.06. The second-order valence-electron chi connectivity index (χ2n) is 6.77. The van der Waals surface area contributed by atoms with E-state index in [0.29, 0.717) is 30.7 Å². The monoisotopic (exact) mass is 399 g/mol. The minimum Gasteiger partial charge on any atom is -0.454 e. The van der Waals surface area contributed by atoms with Crippen LogP contribution in [0.2, 0.25) is 5.02 Å². The zero-order valence-corrected chi connectivity index (χ0v) is 16.0. The van der Waals surface area contributed by atoms with Gasteiger partial charge >= 0.3 is 5.97 Å². The lowest BCUT2D eigenvalue weighted by molar-refractivity contribution is -0.161. The van der Waals surface area contributed by atoms with E-state index in [9.17, 15) is 18.0 Å². The SMILES string of the molecule is O=C(O[C@@H]1CCCCC1=O)C1CCN(S(=O)(=O)c2ccc(Cl)cc2)CC1. The normalized spacial score (nSPS) is 23.0. The van der Waals surface area contributed by atoms with Gasteiger partial charge in [0.2, 0.25) is 10.0 Å². The Morgan fingerprint density at radius 1 is 1.08 bits per heavy atom. The van der Waals surface area contributed by atoms with E-state index in [4.69, 9.17) is 16.3 Å². The van der Waals surface area contributed by atoms with Crippen molar-refractivity contribution in [2.24, 2.45) is 5.92 Å². The number of piperidine rings is 1. The predicted octanol–water partition coefficient (Wildman–Crippen LogP) is 2.80. The van der Waals surface area contributed by atoms with Gasteiger partial charge in [-0.05, 0) is 56.4 Å². The van der Waals surface area contributed by atoms with Crippen LogP contribution in [0, 0.1) is 5.92 Å². The summed E-state index contributed by atoms with van der Waals surface area (Å²) in [5.74, 6) is -0.748. The summed E-state index contributed by atoms with van der Waals surface area (Å²) < 4.78 is 32.1. The molecule has 8 heteroatoms. The first-order valence-corrected chi connectivity index (χ1v) is 10.7. The van der Waals surface area contributed by atoms with Gasteiger partial charge in [-0.25, -0.2) is 8.42 Å². The van der Waals surface area contributed by atoms with Crippen LogP contribution in [0.1, 0.15) is 38.5 Å². The molecule has 1 saturated heterocycles. The number of rotatable bonds is 4. The lowest BCUT2D eigenvalue weighted by Gasteiger charge is -2.31. The molecule has 1 heterocycles. The van der Waals surface area contributed by atoms with Crippen LogP contribution in [0.4, 0.5) is 0 Å². The van der Waals surface area contributed by atoms with Crippen molar-refractivity contribution in [1.29, 1.82) is 0 Å². The third kappa shape index (κ3) is 4.27. The van der Waals surface area contributed by atoms with Crippen molar-refractivity contribution >= 4 is 33.4 Å². The minimum atomic E-state index is -3.60. The van der Waals surface area contributed by atoms with Crippen molar-refractivity contribution in [2.45, 2.75) is 49.5 Å². The van der Waals surface area contributed by atoms with Crippen molar-refractivity contribution in [2.75, 3.05) is 13.1 Å². The first-order chi connectivity index (χ1) is 12.4. The number of nitrogens with zero attached hydrogens (tertiary/aromatic N) is 1. The molecular formula is C18H22ClNO5S. The molecule has 26 heavy (non-hydrogen) atoms. The number of benzene rings is 1. The summed E-state index contributed by atoms with van der Waals surface area (Å²) in [5, 5.41) is 0.475. The van der Waals surface area contributed by atoms with Crippen molar-refractivity contribution in [3.8, 4) is 0 Å². The van der Waals surface area contributed by atoms with Gasteiger partial charge in [-0.15, -0.1) is 0 Å². The van der Waals surface area contributed by atoms with Crippen molar-refractivity contribution in [1.82, 2.24) is 4.31 Å². The van der Waals surface area contributed by atoms with Gasteiger partial charge in [-0.2, -0.15) is 4.31 Å². The molecule has 0 N–H and O–H groups in total. The van der Waals surface area contributed by atoms with E-state index in [1.165, 1.54) is 16.4 Å². The van der Waals surface area contributed by atoms with E-state index < -0.39 is 16.1 Å². The smallest absolute Gasteiger partial charge is 0.309 e. The fourth-order valence-corrected chi connectivity index (χ4v) is 5.00. The number of carbonyl (C=O) groups excluding carboxylic acids is 2. The fraction of sp³-hybridized carbons (Fsp3) is 0.556. The summed E-state index contributed by atoms with van der Waals surface area (Å²) in [6, 6.07) is 6.04. The average molecular weight is 400 g/mol. The number of esters is 1. The molecule has 0 aromatic heterocycles. The molecule has 1 saturated carbocycles. The van der Waals surface area contributed by atoms with E-state index in [1.807, 2.05) is 0 Å². The van der Waals surface area contributed by atoms with Gasteiger partial charge in [0.25, 0.3) is 0 Å². The van der Waals surface area contributed by atoms with E-state index in [1.54, 1.807) is 12.1 Å². The molecule has 1 atom stereocenters. The average Bonchev–Trinajstić information content (AvgIpc) is 2.64. The van der Waals surface area contributed by atoms with Gasteiger partial charge in [-0.1, -0.05) is 11.6 Å². The van der Waals surface area contributed by atoms with Gasteiger partial charge in [0.1, 0.15) is 0 Å². The minimum absolute atomic E-state index is 0.00708. The second-order valence-corrected chi connectivity index (χ2v) is 9.14. The quantitative estimate of drug-likeness (QED) is 0.727. The first kappa shape index (κ1) is 19.3. The Bertz CT molecular complexity index is 769. The van der Waals surface area contributed by atoms with Crippen LogP contribution in [0.5, 0.6) is 0 Å². The van der Waals surface area contributed by atoms with Crippen molar-refractivity contribution in [3.63, 3.8) is 0 Å². The Morgan fingerprint density at radius 2 is 1.73 bits per heavy atom. The van der Waals surface area contributed by atoms with Crippen molar-refractivity contribution < 1.29 is 22.7 Å². The standard InChI is InChI=1S/C18H22ClNO5S/c19-14-5-7-15(8-6-14)26(23,24)20-11-9-13(10-12-20)18(22)25-17-4-2-1-3-16(17)21/h5-8,13,17H,1-4,9-12H2/t17-/m1/s1. The number of Topliss-reactive ketones (excluding diaryl/α,β-unsaturated/α-hetero) is 1. The Kier molecular flexibility index (Phi) is 5.99. The number of ketones is 1. The molecule has 142 valence electrons. The summed E-state index contributed by atoms with van der Waals surface area (Å²) >= 11 is 5.81. The molecule has 0 spiro atoms. The van der Waals surface area contributed by atoms with Crippen LogP contribution in [-0.4, -0.2) is 43.7 Å². The maximum Gasteiger partial charge on any atom is 0.309 e. The number of hydrogen-bond donors (Lipinski definition) is 0. The van der Waals surface area contributed by atoms with Gasteiger partial charge in [0.15, 0.2) is 11.9 Å². The van der Waals surface area contributed by atoms with Crippen molar-refractivity contribution in [3.05, 3.63) is 29.3 Å². The lowest BCUT2D eigenvalue weighted by Crippen LogP contribution is -2.41. The maximum absolute atomic E-state index is 12.7. The Balaban J connectivity index is 1.57. The molecule has 3 rings (SSSR count). The molecule has 6 nitrogen and oxygen atoms in total. The van der Waals surface area contributed by atoms with Crippen LogP contribution < -0.4 is 0 Å². The molecule has 1 aromatic carbocycles. The Morgan fingerprint density at radius 3 is 2.35 bits per heavy atom. The highest BCUT2D eigenvalue weighted by Gasteiger charge is 2.35. The fourth-order valence-electron chi connectivity index (χ4n) is 3.40. The van der Waals surface area contributed by atoms with Crippen LogP contribution in [0.15, 0.2) is 29.2 Å². The Labute approximate surface area is 158 Å². The third-order valence-electron chi connectivity index (χ3n) is 5.00. The third-order valence-corrected chi connectivity index (χ3v) is 7.16. The van der Waals surface area contributed by atoms with E-state index in [0.717, 1.165) is 12.8 Å². The zero-order valence-electron chi connectivity index (χ0n) is 14.4. The molecule has 0 bridgehead atoms. The first-order valence-electron chi connectivity index (χ1n) is 8.87. The van der Waals surface area contributed by atoms with E-state index >= 15 is 0 Å². The van der Waals surface area contributed by atoms with Crippen LogP contribution in [0.25, 0.3) is 0 Å². The highest BCUT2D eigenvalue weighted by Crippen LogP contribution is 2.27. The van der Waals surface area contributed by atoms with Gasteiger partial charge in [-0.3, -0.25) is 9.59 Å². The molecule has 1 aliphatic heterocycles. The van der Waals surface area contributed by atoms with Crippen LogP contribution in [0.3, 0.4) is 0 Å². The summed E-state index contributed by atoms with van der Waals surface area (Å²) in [6.45, 7) is 0.507. The summed E-state index contributed by atoms with van der Waals surface area (Å²) in [4.78, 5) is 24.3. The lowest BCUT2D eigenvalue weighted by atomic mass is 9.95. The topological polar surface area (TPSA) is 80.8 Å². The van der Waals surface area contributed by atoms with Crippen LogP contribution in [-0.2, 0) is 24.3 Å². The Hall–Kier alpha value is -1.44. The summed E-state index contributed by atoms with van der Waals surface area (Å²) in [6.07, 6.45) is 2.98.